The van der Waals surface area contributed by atoms with E-state index in [0.717, 1.165) is 0 Å². The second-order valence-electron chi connectivity index (χ2n) is 9.61. The third-order valence-corrected chi connectivity index (χ3v) is 5.89. The van der Waals surface area contributed by atoms with Crippen LogP contribution in [0.4, 0.5) is 13.2 Å². The van der Waals surface area contributed by atoms with Gasteiger partial charge in [-0.2, -0.15) is 13.2 Å². The second kappa shape index (κ2) is 20.4. The Morgan fingerprint density at radius 3 is 1.91 bits per heavy atom. The van der Waals surface area contributed by atoms with Gasteiger partial charge in [0.25, 0.3) is 0 Å². The summed E-state index contributed by atoms with van der Waals surface area (Å²) >= 11 is 0. The number of nitrogens with two attached hydrogens (primary N) is 4. The molecule has 260 valence electrons. The molecule has 20 heteroatoms. The molecular formula is C27H38F3N9O8. The molecule has 0 spiro atoms. The fraction of sp³-hybridized carbons (Fsp3) is 0.407. The summed E-state index contributed by atoms with van der Waals surface area (Å²) in [5, 5.41) is 31.2. The second-order valence-corrected chi connectivity index (χ2v) is 9.61. The summed E-state index contributed by atoms with van der Waals surface area (Å²) < 4.78 is 31.7. The number of carbonyl (C=O) groups is 6. The van der Waals surface area contributed by atoms with E-state index in [1.54, 1.807) is 24.3 Å². The van der Waals surface area contributed by atoms with E-state index in [2.05, 4.69) is 27.5 Å². The lowest BCUT2D eigenvalue weighted by Gasteiger charge is -2.24. The fourth-order valence-corrected chi connectivity index (χ4v) is 3.53. The van der Waals surface area contributed by atoms with Crippen molar-refractivity contribution in [3.05, 3.63) is 48.0 Å². The van der Waals surface area contributed by atoms with Gasteiger partial charge in [0.1, 0.15) is 23.8 Å². The number of benzene rings is 1. The van der Waals surface area contributed by atoms with Gasteiger partial charge in [-0.05, 0) is 31.2 Å². The van der Waals surface area contributed by atoms with Crippen LogP contribution in [-0.2, 0) is 35.2 Å². The first-order chi connectivity index (χ1) is 21.8. The number of aliphatic carboxylic acids is 2. The molecule has 0 fully saturated rings. The first-order valence-corrected chi connectivity index (χ1v) is 13.6. The van der Waals surface area contributed by atoms with E-state index < -0.39 is 66.2 Å². The molecule has 1 rings (SSSR count). The molecule has 0 aliphatic carbocycles. The zero-order chi connectivity index (χ0) is 36.3. The minimum absolute atomic E-state index is 0.0744. The molecule has 1 aromatic carbocycles. The topological polar surface area (TPSA) is 319 Å². The molecule has 4 amide bonds. The highest BCUT2D eigenvalue weighted by molar-refractivity contribution is 6.02. The van der Waals surface area contributed by atoms with Gasteiger partial charge < -0.3 is 49.1 Å². The summed E-state index contributed by atoms with van der Waals surface area (Å²) in [7, 11) is 0. The molecular weight excluding hydrogens is 635 g/mol. The Morgan fingerprint density at radius 2 is 1.47 bits per heavy atom. The largest absolute Gasteiger partial charge is 0.490 e. The third-order valence-electron chi connectivity index (χ3n) is 5.89. The Labute approximate surface area is 266 Å². The van der Waals surface area contributed by atoms with Crippen molar-refractivity contribution in [2.75, 3.05) is 13.1 Å². The first-order valence-electron chi connectivity index (χ1n) is 13.6. The minimum atomic E-state index is -5.08. The van der Waals surface area contributed by atoms with Crippen molar-refractivity contribution in [3.63, 3.8) is 0 Å². The van der Waals surface area contributed by atoms with Gasteiger partial charge in [0.15, 0.2) is 5.96 Å². The van der Waals surface area contributed by atoms with E-state index in [1.165, 1.54) is 6.08 Å². The van der Waals surface area contributed by atoms with Gasteiger partial charge in [0, 0.05) is 25.1 Å². The number of hydrogen-bond donors (Lipinski definition) is 10. The molecule has 0 radical (unpaired) electrons. The van der Waals surface area contributed by atoms with Gasteiger partial charge in [-0.25, -0.2) is 4.79 Å². The summed E-state index contributed by atoms with van der Waals surface area (Å²) in [4.78, 5) is 74.9. The van der Waals surface area contributed by atoms with Gasteiger partial charge in [-0.3, -0.25) is 34.4 Å². The molecule has 1 aromatic rings. The molecule has 0 bridgehead atoms. The van der Waals surface area contributed by atoms with Gasteiger partial charge in [-0.1, -0.05) is 30.3 Å². The van der Waals surface area contributed by atoms with Crippen molar-refractivity contribution < 1.29 is 52.2 Å². The highest BCUT2D eigenvalue weighted by Crippen LogP contribution is 2.14. The number of nitrogens with one attached hydrogen (secondary N) is 4. The van der Waals surface area contributed by atoms with E-state index in [4.69, 9.17) is 43.4 Å². The average molecular weight is 674 g/mol. The fourth-order valence-electron chi connectivity index (χ4n) is 3.53. The molecule has 1 unspecified atom stereocenters. The lowest BCUT2D eigenvalue weighted by atomic mass is 9.95. The molecule has 0 saturated carbocycles. The normalized spacial score (nSPS) is 12.4. The van der Waals surface area contributed by atoms with Crippen LogP contribution in [0.25, 0.3) is 0 Å². The zero-order valence-electron chi connectivity index (χ0n) is 25.0. The maximum absolute atomic E-state index is 13.3. The summed E-state index contributed by atoms with van der Waals surface area (Å²) in [6, 6.07) is 3.80. The van der Waals surface area contributed by atoms with Crippen LogP contribution in [0.3, 0.4) is 0 Å². The molecule has 14 N–H and O–H groups in total. The number of alkyl halides is 3. The highest BCUT2D eigenvalue weighted by Gasteiger charge is 2.38. The summed E-state index contributed by atoms with van der Waals surface area (Å²) in [5.41, 5.74) is 22.4. The van der Waals surface area contributed by atoms with E-state index in [9.17, 15) is 37.1 Å². The Bertz CT molecular complexity index is 1320. The molecule has 3 atom stereocenters. The lowest BCUT2D eigenvalue weighted by molar-refractivity contribution is -0.192. The molecule has 0 saturated heterocycles. The lowest BCUT2D eigenvalue weighted by Crippen LogP contribution is -2.55. The van der Waals surface area contributed by atoms with Crippen molar-refractivity contribution in [1.82, 2.24) is 16.0 Å². The van der Waals surface area contributed by atoms with E-state index in [-0.39, 0.29) is 44.1 Å². The van der Waals surface area contributed by atoms with Crippen LogP contribution >= 0.6 is 0 Å². The van der Waals surface area contributed by atoms with Crippen molar-refractivity contribution >= 4 is 47.4 Å². The van der Waals surface area contributed by atoms with Crippen molar-refractivity contribution in [3.8, 4) is 0 Å². The Kier molecular flexibility index (Phi) is 17.9. The molecule has 17 nitrogen and oxygen atoms in total. The average Bonchev–Trinajstić information content (AvgIpc) is 2.97. The SMILES string of the molecule is C=CCNC(=O)C(Cc1ccc(C(=N)N)cc1)C(=O)N[C@@H](CCC(=O)O)C(=O)N[C@@H](CCCN=C(N)N)C(N)=O.O=C(O)C(F)(F)F. The molecule has 0 aromatic heterocycles. The number of aliphatic imine (C=N–C) groups is 1. The van der Waals surface area contributed by atoms with Crippen LogP contribution in [0.15, 0.2) is 41.9 Å². The van der Waals surface area contributed by atoms with E-state index >= 15 is 0 Å². The predicted octanol–water partition coefficient (Wildman–Crippen LogP) is -1.56. The number of nitrogens with zero attached hydrogens (tertiary/aromatic N) is 1. The van der Waals surface area contributed by atoms with Gasteiger partial charge in [0.05, 0.1) is 0 Å². The number of halogens is 3. The molecule has 0 heterocycles. The number of hydrogen-bond acceptors (Lipinski definition) is 8. The summed E-state index contributed by atoms with van der Waals surface area (Å²) in [5.74, 6) is -8.77. The molecule has 0 aliphatic heterocycles. The molecule has 47 heavy (non-hydrogen) atoms. The van der Waals surface area contributed by atoms with Crippen molar-refractivity contribution in [2.24, 2.45) is 33.8 Å². The van der Waals surface area contributed by atoms with Crippen molar-refractivity contribution in [2.45, 2.75) is 50.4 Å². The number of primary amides is 1. The maximum Gasteiger partial charge on any atom is 0.490 e. The maximum atomic E-state index is 13.3. The number of carbonyl (C=O) groups excluding carboxylic acids is 4. The Morgan fingerprint density at radius 1 is 0.915 bits per heavy atom. The number of amidine groups is 1. The van der Waals surface area contributed by atoms with E-state index in [0.29, 0.717) is 17.5 Å². The number of nitrogen functional groups attached to an aromatic ring is 1. The number of rotatable bonds is 18. The number of carboxylic acid groups (broad SMARTS) is 2. The summed E-state index contributed by atoms with van der Waals surface area (Å²) in [6.45, 7) is 3.78. The van der Waals surface area contributed by atoms with Crippen molar-refractivity contribution in [1.29, 1.82) is 5.41 Å². The Balaban J connectivity index is 0.00000270. The highest BCUT2D eigenvalue weighted by atomic mass is 19.4. The minimum Gasteiger partial charge on any atom is -0.481 e. The molecule has 0 aliphatic rings. The first kappa shape index (κ1) is 41.3. The van der Waals surface area contributed by atoms with Gasteiger partial charge in [-0.15, -0.1) is 6.58 Å². The van der Waals surface area contributed by atoms with Crippen LogP contribution in [-0.4, -0.2) is 88.9 Å². The monoisotopic (exact) mass is 673 g/mol. The van der Waals surface area contributed by atoms with Crippen LogP contribution in [0.2, 0.25) is 0 Å². The third kappa shape index (κ3) is 17.4. The quantitative estimate of drug-likeness (QED) is 0.0279. The smallest absolute Gasteiger partial charge is 0.481 e. The number of guanidine groups is 1. The van der Waals surface area contributed by atoms with Crippen LogP contribution in [0, 0.1) is 11.3 Å². The number of amides is 4. The van der Waals surface area contributed by atoms with Crippen LogP contribution in [0.5, 0.6) is 0 Å². The van der Waals surface area contributed by atoms with E-state index in [1.807, 2.05) is 0 Å². The standard InChI is InChI=1S/C25H37N9O6.C2HF3O2/c1-2-11-31-22(38)16(13-14-5-7-15(8-6-14)20(26)27)23(39)34-18(9-10-19(35)36)24(40)33-17(21(28)37)4-3-12-32-25(29)30;3-2(4,5)1(6)7/h2,5-8,16-18H,1,3-4,9-13H2,(H3,26,27)(H2,28,37)(H,31,38)(H,33,40)(H,34,39)(H,35,36)(H4,29,30,32);(H,6,7)/t16?,17-,18-;/m0./s1. The van der Waals surface area contributed by atoms with Crippen LogP contribution < -0.4 is 38.9 Å². The van der Waals surface area contributed by atoms with Gasteiger partial charge in [0.2, 0.25) is 23.6 Å². The predicted molar refractivity (Wildman–Crippen MR) is 161 cm³/mol. The van der Waals surface area contributed by atoms with Crippen LogP contribution in [0.1, 0.15) is 36.8 Å². The van der Waals surface area contributed by atoms with Gasteiger partial charge >= 0.3 is 18.1 Å². The summed E-state index contributed by atoms with van der Waals surface area (Å²) in [6.07, 6.45) is -4.15. The zero-order valence-corrected chi connectivity index (χ0v) is 25.0. The Hall–Kier alpha value is -5.69. The number of carboxylic acids is 2.